The zero-order chi connectivity index (χ0) is 10.6. The lowest BCUT2D eigenvalue weighted by molar-refractivity contribution is 1.10. The summed E-state index contributed by atoms with van der Waals surface area (Å²) in [7, 11) is 0. The molecule has 14 heavy (non-hydrogen) atoms. The number of hydrogen-bond donors (Lipinski definition) is 1. The van der Waals surface area contributed by atoms with E-state index in [2.05, 4.69) is 22.3 Å². The Labute approximate surface area is 83.8 Å². The van der Waals surface area contributed by atoms with Crippen molar-refractivity contribution in [1.29, 1.82) is 5.26 Å². The number of hydrogen-bond acceptors (Lipinski definition) is 3. The highest BCUT2D eigenvalue weighted by Gasteiger charge is 2.06. The van der Waals surface area contributed by atoms with Crippen molar-refractivity contribution in [3.63, 3.8) is 0 Å². The molecule has 0 aliphatic heterocycles. The minimum Gasteiger partial charge on any atom is -0.373 e. The van der Waals surface area contributed by atoms with E-state index in [1.807, 2.05) is 19.9 Å². The van der Waals surface area contributed by atoms with Crippen LogP contribution in [0.4, 0.5) is 5.69 Å². The maximum atomic E-state index is 8.91. The van der Waals surface area contributed by atoms with Gasteiger partial charge in [-0.05, 0) is 19.9 Å². The first-order valence-electron chi connectivity index (χ1n) is 4.24. The first-order valence-corrected chi connectivity index (χ1v) is 4.24. The molecular weight excluding hydrogens is 174 g/mol. The predicted octanol–water partition coefficient (Wildman–Crippen LogP) is 1.62. The number of nitrogens with zero attached hydrogens (tertiary/aromatic N) is 2. The normalized spacial score (nSPS) is 8.86. The van der Waals surface area contributed by atoms with Crippen LogP contribution in [0.15, 0.2) is 6.07 Å². The first-order chi connectivity index (χ1) is 6.69. The molecule has 3 nitrogen and oxygen atoms in total. The molecule has 0 saturated carbocycles. The number of aromatic nitrogens is 1. The fourth-order valence-corrected chi connectivity index (χ4v) is 1.26. The molecule has 0 spiro atoms. The minimum atomic E-state index is 0.414. The maximum absolute atomic E-state index is 8.91. The topological polar surface area (TPSA) is 48.7 Å². The van der Waals surface area contributed by atoms with E-state index in [-0.39, 0.29) is 0 Å². The van der Waals surface area contributed by atoms with Gasteiger partial charge in [-0.2, -0.15) is 5.26 Å². The van der Waals surface area contributed by atoms with Gasteiger partial charge in [-0.25, -0.2) is 0 Å². The van der Waals surface area contributed by atoms with Gasteiger partial charge < -0.3 is 5.32 Å². The smallest absolute Gasteiger partial charge is 0.103 e. The van der Waals surface area contributed by atoms with Crippen LogP contribution in [0.5, 0.6) is 0 Å². The van der Waals surface area contributed by atoms with Gasteiger partial charge in [-0.1, -0.05) is 5.92 Å². The van der Waals surface area contributed by atoms with Gasteiger partial charge in [0.1, 0.15) is 6.07 Å². The van der Waals surface area contributed by atoms with E-state index >= 15 is 0 Å². The van der Waals surface area contributed by atoms with Crippen LogP contribution in [0.1, 0.15) is 17.0 Å². The van der Waals surface area contributed by atoms with Crippen LogP contribution in [-0.2, 0) is 0 Å². The third-order valence-corrected chi connectivity index (χ3v) is 1.82. The summed E-state index contributed by atoms with van der Waals surface area (Å²) in [6, 6.07) is 3.93. The highest BCUT2D eigenvalue weighted by atomic mass is 14.9. The molecule has 0 fully saturated rings. The highest BCUT2D eigenvalue weighted by molar-refractivity contribution is 5.60. The Kier molecular flexibility index (Phi) is 3.09. The van der Waals surface area contributed by atoms with Crippen LogP contribution in [0.2, 0.25) is 0 Å². The molecule has 1 rings (SSSR count). The average Bonchev–Trinajstić information content (AvgIpc) is 2.14. The molecule has 0 bridgehead atoms. The summed E-state index contributed by atoms with van der Waals surface area (Å²) in [5.41, 5.74) is 2.93. The van der Waals surface area contributed by atoms with E-state index in [4.69, 9.17) is 11.7 Å². The number of nitriles is 1. The van der Waals surface area contributed by atoms with Gasteiger partial charge in [0, 0.05) is 5.69 Å². The van der Waals surface area contributed by atoms with E-state index in [1.54, 1.807) is 0 Å². The fourth-order valence-electron chi connectivity index (χ4n) is 1.26. The van der Waals surface area contributed by atoms with E-state index < -0.39 is 0 Å². The van der Waals surface area contributed by atoms with E-state index in [1.165, 1.54) is 0 Å². The van der Waals surface area contributed by atoms with Crippen molar-refractivity contribution in [2.75, 3.05) is 11.9 Å². The van der Waals surface area contributed by atoms with Gasteiger partial charge in [0.05, 0.1) is 23.5 Å². The van der Waals surface area contributed by atoms with Gasteiger partial charge >= 0.3 is 0 Å². The van der Waals surface area contributed by atoms with E-state index in [9.17, 15) is 0 Å². The highest BCUT2D eigenvalue weighted by Crippen LogP contribution is 2.17. The molecule has 3 heteroatoms. The summed E-state index contributed by atoms with van der Waals surface area (Å²) in [5, 5.41) is 11.9. The second-order valence-electron chi connectivity index (χ2n) is 2.94. The van der Waals surface area contributed by atoms with Crippen LogP contribution in [0.25, 0.3) is 0 Å². The molecule has 0 amide bonds. The average molecular weight is 185 g/mol. The molecule has 1 heterocycles. The second kappa shape index (κ2) is 4.30. The lowest BCUT2D eigenvalue weighted by Crippen LogP contribution is -2.04. The minimum absolute atomic E-state index is 0.414. The van der Waals surface area contributed by atoms with Crippen LogP contribution in [-0.4, -0.2) is 11.5 Å². The Bertz CT molecular complexity index is 421. The molecule has 1 aromatic rings. The molecule has 70 valence electrons. The number of pyridine rings is 1. The number of terminal acetylenes is 1. The molecule has 0 radical (unpaired) electrons. The monoisotopic (exact) mass is 185 g/mol. The fraction of sp³-hybridized carbons (Fsp3) is 0.273. The van der Waals surface area contributed by atoms with Gasteiger partial charge in [0.15, 0.2) is 0 Å². The first kappa shape index (κ1) is 10.1. The molecule has 0 unspecified atom stereocenters. The Morgan fingerprint density at radius 2 is 2.29 bits per heavy atom. The molecule has 0 aliphatic carbocycles. The van der Waals surface area contributed by atoms with Gasteiger partial charge in [-0.15, -0.1) is 6.42 Å². The quantitative estimate of drug-likeness (QED) is 0.712. The molecule has 0 aliphatic rings. The van der Waals surface area contributed by atoms with Gasteiger partial charge in [-0.3, -0.25) is 4.98 Å². The predicted molar refractivity (Wildman–Crippen MR) is 55.7 cm³/mol. The zero-order valence-corrected chi connectivity index (χ0v) is 8.26. The Morgan fingerprint density at radius 1 is 1.57 bits per heavy atom. The lowest BCUT2D eigenvalue weighted by Gasteiger charge is -2.07. The number of rotatable bonds is 2. The molecule has 0 atom stereocenters. The standard InChI is InChI=1S/C11H11N3/c1-4-5-13-11-6-8(2)14-9(3)10(11)7-12/h1,6H,5H2,2-3H3,(H,13,14). The third kappa shape index (κ3) is 2.02. The van der Waals surface area contributed by atoms with Crippen LogP contribution in [0.3, 0.4) is 0 Å². The van der Waals surface area contributed by atoms with Gasteiger partial charge in [0.2, 0.25) is 0 Å². The van der Waals surface area contributed by atoms with Crippen molar-refractivity contribution in [3.05, 3.63) is 23.0 Å². The lowest BCUT2D eigenvalue weighted by atomic mass is 10.1. The Hall–Kier alpha value is -2.00. The molecule has 0 saturated heterocycles. The number of anilines is 1. The SMILES string of the molecule is C#CCNc1cc(C)nc(C)c1C#N. The van der Waals surface area contributed by atoms with Crippen molar-refractivity contribution in [2.45, 2.75) is 13.8 Å². The number of nitrogens with one attached hydrogen (secondary N) is 1. The summed E-state index contributed by atoms with van der Waals surface area (Å²) in [6.07, 6.45) is 5.13. The Balaban J connectivity index is 3.14. The van der Waals surface area contributed by atoms with Crippen molar-refractivity contribution >= 4 is 5.69 Å². The van der Waals surface area contributed by atoms with Crippen LogP contribution < -0.4 is 5.32 Å². The van der Waals surface area contributed by atoms with Crippen LogP contribution >= 0.6 is 0 Å². The second-order valence-corrected chi connectivity index (χ2v) is 2.94. The molecular formula is C11H11N3. The Morgan fingerprint density at radius 3 is 2.86 bits per heavy atom. The van der Waals surface area contributed by atoms with Crippen molar-refractivity contribution in [1.82, 2.24) is 4.98 Å². The van der Waals surface area contributed by atoms with Crippen molar-refractivity contribution < 1.29 is 0 Å². The summed E-state index contributed by atoms with van der Waals surface area (Å²) < 4.78 is 0. The maximum Gasteiger partial charge on any atom is 0.103 e. The van der Waals surface area contributed by atoms with Crippen LogP contribution in [0, 0.1) is 37.5 Å². The summed E-state index contributed by atoms with van der Waals surface area (Å²) in [6.45, 7) is 4.11. The third-order valence-electron chi connectivity index (χ3n) is 1.82. The zero-order valence-electron chi connectivity index (χ0n) is 8.26. The molecule has 0 aromatic carbocycles. The molecule has 1 aromatic heterocycles. The molecule has 1 N–H and O–H groups in total. The summed E-state index contributed by atoms with van der Waals surface area (Å²) in [5.74, 6) is 2.47. The number of aryl methyl sites for hydroxylation is 2. The largest absolute Gasteiger partial charge is 0.373 e. The van der Waals surface area contributed by atoms with Crippen molar-refractivity contribution in [2.24, 2.45) is 0 Å². The van der Waals surface area contributed by atoms with E-state index in [0.717, 1.165) is 17.1 Å². The van der Waals surface area contributed by atoms with E-state index in [0.29, 0.717) is 12.1 Å². The summed E-state index contributed by atoms with van der Waals surface area (Å²) in [4.78, 5) is 4.20. The summed E-state index contributed by atoms with van der Waals surface area (Å²) >= 11 is 0. The van der Waals surface area contributed by atoms with Gasteiger partial charge in [0.25, 0.3) is 0 Å². The van der Waals surface area contributed by atoms with Crippen molar-refractivity contribution in [3.8, 4) is 18.4 Å².